The van der Waals surface area contributed by atoms with E-state index in [0.29, 0.717) is 18.0 Å². The van der Waals surface area contributed by atoms with Crippen LogP contribution in [0, 0.1) is 6.92 Å². The van der Waals surface area contributed by atoms with Crippen LogP contribution in [0.4, 0.5) is 5.69 Å². The lowest BCUT2D eigenvalue weighted by molar-refractivity contribution is 0.340. The van der Waals surface area contributed by atoms with Gasteiger partial charge in [0.05, 0.1) is 18.0 Å². The quantitative estimate of drug-likeness (QED) is 0.878. The molecule has 0 aliphatic heterocycles. The molecule has 0 aromatic carbocycles. The van der Waals surface area contributed by atoms with E-state index in [4.69, 9.17) is 10.5 Å². The van der Waals surface area contributed by atoms with Crippen LogP contribution >= 0.6 is 0 Å². The van der Waals surface area contributed by atoms with Crippen molar-refractivity contribution in [3.05, 3.63) is 36.3 Å². The third-order valence-corrected chi connectivity index (χ3v) is 2.45. The van der Waals surface area contributed by atoms with Crippen LogP contribution in [0.2, 0.25) is 0 Å². The minimum absolute atomic E-state index is 0.581. The highest BCUT2D eigenvalue weighted by Crippen LogP contribution is 2.30. The summed E-state index contributed by atoms with van der Waals surface area (Å²) in [6.07, 6.45) is 3.49. The molecule has 0 bridgehead atoms. The first-order valence-electron chi connectivity index (χ1n) is 5.52. The van der Waals surface area contributed by atoms with Crippen molar-refractivity contribution in [2.45, 2.75) is 13.8 Å². The zero-order valence-electron chi connectivity index (χ0n) is 9.97. The summed E-state index contributed by atoms with van der Waals surface area (Å²) in [6, 6.07) is 5.64. The van der Waals surface area contributed by atoms with Crippen LogP contribution in [0.3, 0.4) is 0 Å². The number of rotatable bonds is 3. The van der Waals surface area contributed by atoms with Crippen molar-refractivity contribution in [2.75, 3.05) is 12.3 Å². The Kier molecular flexibility index (Phi) is 3.23. The minimum Gasteiger partial charge on any atom is -0.492 e. The van der Waals surface area contributed by atoms with Crippen molar-refractivity contribution in [3.63, 3.8) is 0 Å². The Hall–Kier alpha value is -2.10. The van der Waals surface area contributed by atoms with Crippen molar-refractivity contribution < 1.29 is 4.74 Å². The maximum Gasteiger partial charge on any atom is 0.147 e. The van der Waals surface area contributed by atoms with Gasteiger partial charge in [-0.3, -0.25) is 4.98 Å². The van der Waals surface area contributed by atoms with Crippen molar-refractivity contribution in [2.24, 2.45) is 0 Å². The Morgan fingerprint density at radius 3 is 2.88 bits per heavy atom. The van der Waals surface area contributed by atoms with Crippen LogP contribution in [0.1, 0.15) is 12.6 Å². The fourth-order valence-corrected chi connectivity index (χ4v) is 1.58. The number of pyridine rings is 2. The van der Waals surface area contributed by atoms with E-state index >= 15 is 0 Å². The van der Waals surface area contributed by atoms with Crippen LogP contribution in [0.25, 0.3) is 11.3 Å². The van der Waals surface area contributed by atoms with Crippen LogP contribution in [0.5, 0.6) is 5.75 Å². The summed E-state index contributed by atoms with van der Waals surface area (Å²) in [7, 11) is 0. The van der Waals surface area contributed by atoms with E-state index < -0.39 is 0 Å². The molecule has 0 radical (unpaired) electrons. The second-order valence-corrected chi connectivity index (χ2v) is 3.68. The summed E-state index contributed by atoms with van der Waals surface area (Å²) in [5.74, 6) is 0.698. The Bertz CT molecular complexity index is 512. The molecule has 0 unspecified atom stereocenters. The van der Waals surface area contributed by atoms with Gasteiger partial charge in [0.1, 0.15) is 11.4 Å². The summed E-state index contributed by atoms with van der Waals surface area (Å²) < 4.78 is 5.56. The number of hydrogen-bond donors (Lipinski definition) is 1. The highest BCUT2D eigenvalue weighted by molar-refractivity contribution is 5.68. The average molecular weight is 229 g/mol. The molecule has 0 amide bonds. The fourth-order valence-electron chi connectivity index (χ4n) is 1.58. The standard InChI is InChI=1S/C13H15N3O/c1-3-17-12-7-11(14)9(2)16-13(12)10-5-4-6-15-8-10/h4-8H,3,14H2,1-2H3. The molecule has 0 saturated carbocycles. The number of aromatic nitrogens is 2. The maximum absolute atomic E-state index is 5.84. The molecule has 0 aliphatic rings. The Morgan fingerprint density at radius 2 is 2.24 bits per heavy atom. The number of nitrogens with two attached hydrogens (primary N) is 1. The summed E-state index contributed by atoms with van der Waals surface area (Å²) in [5.41, 5.74) is 8.99. The van der Waals surface area contributed by atoms with Gasteiger partial charge in [0.25, 0.3) is 0 Å². The van der Waals surface area contributed by atoms with E-state index in [-0.39, 0.29) is 0 Å². The number of ether oxygens (including phenoxy) is 1. The molecule has 0 saturated heterocycles. The van der Waals surface area contributed by atoms with Crippen LogP contribution in [-0.4, -0.2) is 16.6 Å². The lowest BCUT2D eigenvalue weighted by atomic mass is 10.1. The molecule has 2 N–H and O–H groups in total. The third kappa shape index (κ3) is 2.36. The van der Waals surface area contributed by atoms with Crippen LogP contribution in [0.15, 0.2) is 30.6 Å². The van der Waals surface area contributed by atoms with Crippen molar-refractivity contribution in [3.8, 4) is 17.0 Å². The lowest BCUT2D eigenvalue weighted by Gasteiger charge is -2.11. The molecule has 88 valence electrons. The predicted octanol–water partition coefficient (Wildman–Crippen LogP) is 2.43. The molecule has 0 spiro atoms. The SMILES string of the molecule is CCOc1cc(N)c(C)nc1-c1cccnc1. The molecular weight excluding hydrogens is 214 g/mol. The molecule has 2 aromatic heterocycles. The highest BCUT2D eigenvalue weighted by Gasteiger charge is 2.10. The molecule has 0 aliphatic carbocycles. The molecule has 0 atom stereocenters. The van der Waals surface area contributed by atoms with Gasteiger partial charge in [-0.15, -0.1) is 0 Å². The topological polar surface area (TPSA) is 61.0 Å². The normalized spacial score (nSPS) is 10.2. The second-order valence-electron chi connectivity index (χ2n) is 3.68. The monoisotopic (exact) mass is 229 g/mol. The number of aryl methyl sites for hydroxylation is 1. The van der Waals surface area contributed by atoms with E-state index in [1.165, 1.54) is 0 Å². The molecule has 4 heteroatoms. The first-order chi connectivity index (χ1) is 8.22. The second kappa shape index (κ2) is 4.82. The predicted molar refractivity (Wildman–Crippen MR) is 67.8 cm³/mol. The van der Waals surface area contributed by atoms with Gasteiger partial charge in [-0.2, -0.15) is 0 Å². The number of nitrogens with zero attached hydrogens (tertiary/aromatic N) is 2. The average Bonchev–Trinajstić information content (AvgIpc) is 2.35. The Morgan fingerprint density at radius 1 is 1.41 bits per heavy atom. The molecular formula is C13H15N3O. The van der Waals surface area contributed by atoms with Gasteiger partial charge in [0.2, 0.25) is 0 Å². The van der Waals surface area contributed by atoms with Crippen LogP contribution < -0.4 is 10.5 Å². The molecule has 2 aromatic rings. The summed E-state index contributed by atoms with van der Waals surface area (Å²) >= 11 is 0. The van der Waals surface area contributed by atoms with E-state index in [2.05, 4.69) is 9.97 Å². The van der Waals surface area contributed by atoms with Gasteiger partial charge in [0, 0.05) is 24.0 Å². The van der Waals surface area contributed by atoms with Gasteiger partial charge in [0.15, 0.2) is 0 Å². The van der Waals surface area contributed by atoms with Gasteiger partial charge in [-0.25, -0.2) is 4.98 Å². The van der Waals surface area contributed by atoms with Crippen molar-refractivity contribution in [1.82, 2.24) is 9.97 Å². The summed E-state index contributed by atoms with van der Waals surface area (Å²) in [5, 5.41) is 0. The first kappa shape index (κ1) is 11.4. The summed E-state index contributed by atoms with van der Waals surface area (Å²) in [4.78, 5) is 8.56. The molecule has 2 heterocycles. The smallest absolute Gasteiger partial charge is 0.147 e. The third-order valence-electron chi connectivity index (χ3n) is 2.45. The highest BCUT2D eigenvalue weighted by atomic mass is 16.5. The zero-order chi connectivity index (χ0) is 12.3. The van der Waals surface area contributed by atoms with E-state index in [0.717, 1.165) is 17.0 Å². The largest absolute Gasteiger partial charge is 0.492 e. The van der Waals surface area contributed by atoms with E-state index in [1.54, 1.807) is 12.4 Å². The van der Waals surface area contributed by atoms with E-state index in [9.17, 15) is 0 Å². The lowest BCUT2D eigenvalue weighted by Crippen LogP contribution is -2.01. The molecule has 0 fully saturated rings. The first-order valence-corrected chi connectivity index (χ1v) is 5.52. The van der Waals surface area contributed by atoms with Gasteiger partial charge in [-0.1, -0.05) is 0 Å². The molecule has 2 rings (SSSR count). The number of anilines is 1. The van der Waals surface area contributed by atoms with Gasteiger partial charge in [-0.05, 0) is 26.0 Å². The number of hydrogen-bond acceptors (Lipinski definition) is 4. The van der Waals surface area contributed by atoms with Crippen molar-refractivity contribution in [1.29, 1.82) is 0 Å². The zero-order valence-corrected chi connectivity index (χ0v) is 9.97. The molecule has 4 nitrogen and oxygen atoms in total. The molecule has 17 heavy (non-hydrogen) atoms. The Balaban J connectivity index is 2.55. The van der Waals surface area contributed by atoms with Crippen LogP contribution in [-0.2, 0) is 0 Å². The minimum atomic E-state index is 0.581. The fraction of sp³-hybridized carbons (Fsp3) is 0.231. The van der Waals surface area contributed by atoms with Gasteiger partial charge < -0.3 is 10.5 Å². The Labute approximate surface area is 100 Å². The van der Waals surface area contributed by atoms with E-state index in [1.807, 2.05) is 32.0 Å². The maximum atomic E-state index is 5.84. The number of nitrogen functional groups attached to an aromatic ring is 1. The summed E-state index contributed by atoms with van der Waals surface area (Å²) in [6.45, 7) is 4.39. The van der Waals surface area contributed by atoms with Crippen molar-refractivity contribution >= 4 is 5.69 Å². The van der Waals surface area contributed by atoms with Gasteiger partial charge >= 0.3 is 0 Å².